The molecule has 0 saturated heterocycles. The van der Waals surface area contributed by atoms with Gasteiger partial charge in [-0.3, -0.25) is 4.79 Å². The van der Waals surface area contributed by atoms with Gasteiger partial charge in [-0.1, -0.05) is 30.4 Å². The number of benzene rings is 1. The number of aromatic nitrogens is 2. The van der Waals surface area contributed by atoms with Gasteiger partial charge in [-0.25, -0.2) is 0 Å². The summed E-state index contributed by atoms with van der Waals surface area (Å²) in [5.74, 6) is -0.0935. The first kappa shape index (κ1) is 13.5. The monoisotopic (exact) mass is 276 g/mol. The average molecular weight is 276 g/mol. The molecule has 0 aliphatic heterocycles. The number of nitrogens with two attached hydrogens (primary N) is 1. The molecule has 0 saturated carbocycles. The third-order valence-corrected chi connectivity index (χ3v) is 3.42. The summed E-state index contributed by atoms with van der Waals surface area (Å²) in [6.45, 7) is 2.08. The third-order valence-electron chi connectivity index (χ3n) is 2.52. The van der Waals surface area contributed by atoms with Crippen LogP contribution in [0.1, 0.15) is 23.9 Å². The van der Waals surface area contributed by atoms with Gasteiger partial charge in [-0.2, -0.15) is 0 Å². The van der Waals surface area contributed by atoms with Gasteiger partial charge in [-0.15, -0.1) is 10.2 Å². The maximum Gasteiger partial charge on any atom is 0.230 e. The molecule has 3 N–H and O–H groups in total. The fourth-order valence-corrected chi connectivity index (χ4v) is 2.46. The van der Waals surface area contributed by atoms with Gasteiger partial charge in [0.05, 0.1) is 6.42 Å². The van der Waals surface area contributed by atoms with Crippen molar-refractivity contribution in [3.63, 3.8) is 0 Å². The van der Waals surface area contributed by atoms with Crippen molar-refractivity contribution in [2.45, 2.75) is 26.2 Å². The number of nitrogen functional groups attached to an aromatic ring is 1. The van der Waals surface area contributed by atoms with Crippen molar-refractivity contribution in [1.29, 1.82) is 0 Å². The summed E-state index contributed by atoms with van der Waals surface area (Å²) in [5.41, 5.74) is 7.21. The summed E-state index contributed by atoms with van der Waals surface area (Å²) in [6.07, 6.45) is 2.22. The standard InChI is InChI=1S/C13H16N4OS/c1-2-3-12-16-17-13(19-12)15-11(18)8-9-4-6-10(14)7-5-9/h4-7H,2-3,8,14H2,1H3,(H,15,17,18). The normalized spacial score (nSPS) is 10.4. The Morgan fingerprint density at radius 2 is 2.05 bits per heavy atom. The Morgan fingerprint density at radius 3 is 2.74 bits per heavy atom. The summed E-state index contributed by atoms with van der Waals surface area (Å²) >= 11 is 1.42. The van der Waals surface area contributed by atoms with E-state index < -0.39 is 0 Å². The summed E-state index contributed by atoms with van der Waals surface area (Å²) in [6, 6.07) is 7.26. The molecule has 0 spiro atoms. The Hall–Kier alpha value is -1.95. The topological polar surface area (TPSA) is 80.9 Å². The minimum Gasteiger partial charge on any atom is -0.399 e. The van der Waals surface area contributed by atoms with Gasteiger partial charge in [0.25, 0.3) is 0 Å². The summed E-state index contributed by atoms with van der Waals surface area (Å²) in [4.78, 5) is 11.8. The van der Waals surface area contributed by atoms with E-state index in [2.05, 4.69) is 22.4 Å². The van der Waals surface area contributed by atoms with Crippen molar-refractivity contribution in [1.82, 2.24) is 10.2 Å². The zero-order valence-corrected chi connectivity index (χ0v) is 11.5. The van der Waals surface area contributed by atoms with Gasteiger partial charge in [0.15, 0.2) is 0 Å². The highest BCUT2D eigenvalue weighted by molar-refractivity contribution is 7.15. The molecule has 0 aliphatic carbocycles. The van der Waals surface area contributed by atoms with Gasteiger partial charge in [-0.05, 0) is 24.1 Å². The molecule has 100 valence electrons. The van der Waals surface area contributed by atoms with Crippen LogP contribution in [0, 0.1) is 0 Å². The zero-order chi connectivity index (χ0) is 13.7. The Kier molecular flexibility index (Phi) is 4.46. The number of hydrogen-bond donors (Lipinski definition) is 2. The highest BCUT2D eigenvalue weighted by Crippen LogP contribution is 2.17. The van der Waals surface area contributed by atoms with Crippen molar-refractivity contribution >= 4 is 28.1 Å². The molecule has 1 aromatic heterocycles. The molecule has 6 heteroatoms. The Labute approximate surface area is 115 Å². The molecule has 0 aliphatic rings. The molecule has 0 atom stereocenters. The molecule has 0 radical (unpaired) electrons. The maximum absolute atomic E-state index is 11.8. The van der Waals surface area contributed by atoms with Crippen molar-refractivity contribution in [3.8, 4) is 0 Å². The van der Waals surface area contributed by atoms with Crippen LogP contribution in [0.15, 0.2) is 24.3 Å². The molecule has 2 aromatic rings. The lowest BCUT2D eigenvalue weighted by Gasteiger charge is -2.01. The van der Waals surface area contributed by atoms with Gasteiger partial charge < -0.3 is 11.1 Å². The van der Waals surface area contributed by atoms with Crippen LogP contribution in [0.5, 0.6) is 0 Å². The first-order valence-electron chi connectivity index (χ1n) is 6.14. The van der Waals surface area contributed by atoms with E-state index in [0.717, 1.165) is 23.4 Å². The largest absolute Gasteiger partial charge is 0.399 e. The second-order valence-electron chi connectivity index (χ2n) is 4.22. The first-order valence-corrected chi connectivity index (χ1v) is 6.95. The van der Waals surface area contributed by atoms with Gasteiger partial charge in [0, 0.05) is 12.1 Å². The second-order valence-corrected chi connectivity index (χ2v) is 5.28. The number of amides is 1. The van der Waals surface area contributed by atoms with E-state index in [1.807, 2.05) is 12.1 Å². The number of nitrogens with zero attached hydrogens (tertiary/aromatic N) is 2. The number of anilines is 2. The molecule has 0 bridgehead atoms. The van der Waals surface area contributed by atoms with E-state index in [1.54, 1.807) is 12.1 Å². The smallest absolute Gasteiger partial charge is 0.230 e. The van der Waals surface area contributed by atoms with Gasteiger partial charge in [0.2, 0.25) is 11.0 Å². The first-order chi connectivity index (χ1) is 9.17. The molecular formula is C13H16N4OS. The number of rotatable bonds is 5. The van der Waals surface area contributed by atoms with Crippen LogP contribution in [0.3, 0.4) is 0 Å². The van der Waals surface area contributed by atoms with Crippen LogP contribution < -0.4 is 11.1 Å². The fourth-order valence-electron chi connectivity index (χ4n) is 1.60. The number of hydrogen-bond acceptors (Lipinski definition) is 5. The Balaban J connectivity index is 1.91. The van der Waals surface area contributed by atoms with Gasteiger partial charge in [0.1, 0.15) is 5.01 Å². The van der Waals surface area contributed by atoms with Crippen LogP contribution in [-0.2, 0) is 17.6 Å². The van der Waals surface area contributed by atoms with E-state index in [0.29, 0.717) is 17.2 Å². The number of aryl methyl sites for hydroxylation is 1. The summed E-state index contributed by atoms with van der Waals surface area (Å²) in [5, 5.41) is 12.2. The molecule has 2 rings (SSSR count). The SMILES string of the molecule is CCCc1nnc(NC(=O)Cc2ccc(N)cc2)s1. The zero-order valence-electron chi connectivity index (χ0n) is 10.7. The lowest BCUT2D eigenvalue weighted by atomic mass is 10.1. The quantitative estimate of drug-likeness (QED) is 0.821. The molecule has 0 unspecified atom stereocenters. The molecule has 1 heterocycles. The summed E-state index contributed by atoms with van der Waals surface area (Å²) < 4.78 is 0. The summed E-state index contributed by atoms with van der Waals surface area (Å²) in [7, 11) is 0. The molecular weight excluding hydrogens is 260 g/mol. The van der Waals surface area contributed by atoms with Crippen LogP contribution in [0.4, 0.5) is 10.8 Å². The van der Waals surface area contributed by atoms with E-state index >= 15 is 0 Å². The number of carbonyl (C=O) groups is 1. The number of nitrogens with one attached hydrogen (secondary N) is 1. The Bertz CT molecular complexity index is 550. The van der Waals surface area contributed by atoms with Crippen LogP contribution in [-0.4, -0.2) is 16.1 Å². The molecule has 0 fully saturated rings. The second kappa shape index (κ2) is 6.29. The molecule has 1 aromatic carbocycles. The minimum atomic E-state index is -0.0935. The van der Waals surface area contributed by atoms with Crippen molar-refractivity contribution < 1.29 is 4.79 Å². The van der Waals surface area contributed by atoms with E-state index in [1.165, 1.54) is 11.3 Å². The lowest BCUT2D eigenvalue weighted by molar-refractivity contribution is -0.115. The molecule has 5 nitrogen and oxygen atoms in total. The van der Waals surface area contributed by atoms with Crippen molar-refractivity contribution in [3.05, 3.63) is 34.8 Å². The van der Waals surface area contributed by atoms with E-state index in [-0.39, 0.29) is 5.91 Å². The van der Waals surface area contributed by atoms with E-state index in [9.17, 15) is 4.79 Å². The molecule has 19 heavy (non-hydrogen) atoms. The predicted molar refractivity (Wildman–Crippen MR) is 77.1 cm³/mol. The van der Waals surface area contributed by atoms with Crippen molar-refractivity contribution in [2.24, 2.45) is 0 Å². The van der Waals surface area contributed by atoms with Crippen LogP contribution >= 0.6 is 11.3 Å². The van der Waals surface area contributed by atoms with E-state index in [4.69, 9.17) is 5.73 Å². The van der Waals surface area contributed by atoms with Gasteiger partial charge >= 0.3 is 0 Å². The highest BCUT2D eigenvalue weighted by Gasteiger charge is 2.08. The Morgan fingerprint density at radius 1 is 1.32 bits per heavy atom. The highest BCUT2D eigenvalue weighted by atomic mass is 32.1. The van der Waals surface area contributed by atoms with Crippen LogP contribution in [0.2, 0.25) is 0 Å². The predicted octanol–water partition coefficient (Wildman–Crippen LogP) is 2.25. The average Bonchev–Trinajstić information content (AvgIpc) is 2.80. The minimum absolute atomic E-state index is 0.0935. The van der Waals surface area contributed by atoms with Crippen molar-refractivity contribution in [2.75, 3.05) is 11.1 Å². The maximum atomic E-state index is 11.8. The lowest BCUT2D eigenvalue weighted by Crippen LogP contribution is -2.14. The number of carbonyl (C=O) groups excluding carboxylic acids is 1. The van der Waals surface area contributed by atoms with Crippen LogP contribution in [0.25, 0.3) is 0 Å². The third kappa shape index (κ3) is 4.03. The molecule has 1 amide bonds. The fraction of sp³-hybridized carbons (Fsp3) is 0.308.